The van der Waals surface area contributed by atoms with Crippen molar-refractivity contribution in [1.29, 1.82) is 0 Å². The minimum absolute atomic E-state index is 0.115. The zero-order valence-corrected chi connectivity index (χ0v) is 7.23. The van der Waals surface area contributed by atoms with Crippen molar-refractivity contribution in [1.82, 2.24) is 4.90 Å². The first-order chi connectivity index (χ1) is 5.65. The van der Waals surface area contributed by atoms with E-state index in [0.29, 0.717) is 13.0 Å². The fourth-order valence-corrected chi connectivity index (χ4v) is 1.47. The van der Waals surface area contributed by atoms with Gasteiger partial charge >= 0.3 is 0 Å². The molecule has 1 amide bonds. The van der Waals surface area contributed by atoms with E-state index in [0.717, 1.165) is 0 Å². The van der Waals surface area contributed by atoms with Crippen molar-refractivity contribution in [3.8, 4) is 0 Å². The minimum Gasteiger partial charge on any atom is -0.341 e. The van der Waals surface area contributed by atoms with Gasteiger partial charge in [-0.15, -0.1) is 11.6 Å². The fraction of sp³-hybridized carbons (Fsp3) is 0.857. The maximum Gasteiger partial charge on any atom is 0.243 e. The Bertz CT molecular complexity index is 177. The van der Waals surface area contributed by atoms with Crippen LogP contribution in [0.1, 0.15) is 6.42 Å². The van der Waals surface area contributed by atoms with Gasteiger partial charge in [0.05, 0.1) is 0 Å². The van der Waals surface area contributed by atoms with Gasteiger partial charge in [-0.05, 0) is 6.42 Å². The van der Waals surface area contributed by atoms with Gasteiger partial charge in [0.2, 0.25) is 12.3 Å². The Balaban J connectivity index is 2.40. The molecule has 70 valence electrons. The average Bonchev–Trinajstić information content (AvgIpc) is 2.51. The van der Waals surface area contributed by atoms with E-state index < -0.39 is 12.3 Å². The number of carbonyl (C=O) groups excluding carboxylic acids is 1. The molecule has 1 saturated heterocycles. The standard InChI is InChI=1S/C7H10ClF2NO/c8-3-6(12)11-2-1-5(4-11)7(9)10/h5,7H,1-4H2. The largest absolute Gasteiger partial charge is 0.341 e. The van der Waals surface area contributed by atoms with Gasteiger partial charge in [0.15, 0.2) is 0 Å². The highest BCUT2D eigenvalue weighted by molar-refractivity contribution is 6.27. The fourth-order valence-electron chi connectivity index (χ4n) is 1.30. The summed E-state index contributed by atoms with van der Waals surface area (Å²) in [5.74, 6) is -1.02. The molecule has 0 bridgehead atoms. The average molecular weight is 198 g/mol. The second kappa shape index (κ2) is 4.03. The Hall–Kier alpha value is -0.380. The van der Waals surface area contributed by atoms with Crippen LogP contribution in [0.25, 0.3) is 0 Å². The summed E-state index contributed by atoms with van der Waals surface area (Å²) in [5.41, 5.74) is 0. The van der Waals surface area contributed by atoms with Crippen LogP contribution in [0.3, 0.4) is 0 Å². The zero-order valence-electron chi connectivity index (χ0n) is 6.47. The van der Waals surface area contributed by atoms with Gasteiger partial charge in [-0.25, -0.2) is 8.78 Å². The third-order valence-corrected chi connectivity index (χ3v) is 2.28. The number of carbonyl (C=O) groups is 1. The number of nitrogens with zero attached hydrogens (tertiary/aromatic N) is 1. The minimum atomic E-state index is -2.32. The molecule has 1 aliphatic heterocycles. The molecule has 0 radical (unpaired) electrons. The Morgan fingerprint density at radius 3 is 2.75 bits per heavy atom. The van der Waals surface area contributed by atoms with Crippen LogP contribution < -0.4 is 0 Å². The summed E-state index contributed by atoms with van der Waals surface area (Å²) in [6.45, 7) is 0.573. The SMILES string of the molecule is O=C(CCl)N1CCC(C(F)F)C1. The van der Waals surface area contributed by atoms with Gasteiger partial charge in [0, 0.05) is 19.0 Å². The van der Waals surface area contributed by atoms with E-state index in [1.54, 1.807) is 0 Å². The smallest absolute Gasteiger partial charge is 0.243 e. The molecule has 0 aromatic rings. The normalized spacial score (nSPS) is 23.7. The monoisotopic (exact) mass is 197 g/mol. The van der Waals surface area contributed by atoms with Crippen LogP contribution in [0.2, 0.25) is 0 Å². The molecule has 0 N–H and O–H groups in total. The molecule has 0 aromatic carbocycles. The first-order valence-electron chi connectivity index (χ1n) is 3.77. The molecule has 12 heavy (non-hydrogen) atoms. The van der Waals surface area contributed by atoms with Crippen molar-refractivity contribution in [2.75, 3.05) is 19.0 Å². The van der Waals surface area contributed by atoms with Gasteiger partial charge in [-0.3, -0.25) is 4.79 Å². The molecule has 2 nitrogen and oxygen atoms in total. The lowest BCUT2D eigenvalue weighted by Crippen LogP contribution is -2.30. The second-order valence-electron chi connectivity index (χ2n) is 2.86. The van der Waals surface area contributed by atoms with Crippen LogP contribution in [0.4, 0.5) is 8.78 Å². The zero-order chi connectivity index (χ0) is 9.14. The van der Waals surface area contributed by atoms with E-state index in [1.807, 2.05) is 0 Å². The molecule has 1 fully saturated rings. The molecule has 1 heterocycles. The quantitative estimate of drug-likeness (QED) is 0.612. The van der Waals surface area contributed by atoms with E-state index in [4.69, 9.17) is 11.6 Å². The molecule has 0 aliphatic carbocycles. The third-order valence-electron chi connectivity index (χ3n) is 2.05. The summed E-state index contributed by atoms with van der Waals surface area (Å²) < 4.78 is 24.2. The lowest BCUT2D eigenvalue weighted by atomic mass is 10.1. The molecule has 0 aromatic heterocycles. The van der Waals surface area contributed by atoms with E-state index in [-0.39, 0.29) is 18.3 Å². The summed E-state index contributed by atoms with van der Waals surface area (Å²) in [6, 6.07) is 0. The maximum absolute atomic E-state index is 12.1. The lowest BCUT2D eigenvalue weighted by molar-refractivity contribution is -0.127. The number of likely N-dealkylation sites (tertiary alicyclic amines) is 1. The van der Waals surface area contributed by atoms with Gasteiger partial charge < -0.3 is 4.90 Å². The first-order valence-corrected chi connectivity index (χ1v) is 4.30. The molecule has 5 heteroatoms. The number of alkyl halides is 3. The summed E-state index contributed by atoms with van der Waals surface area (Å²) >= 11 is 5.28. The van der Waals surface area contributed by atoms with Gasteiger partial charge in [0.25, 0.3) is 0 Å². The maximum atomic E-state index is 12.1. The molecule has 0 saturated carbocycles. The van der Waals surface area contributed by atoms with Crippen molar-refractivity contribution < 1.29 is 13.6 Å². The lowest BCUT2D eigenvalue weighted by Gasteiger charge is -2.14. The molecule has 1 rings (SSSR count). The second-order valence-corrected chi connectivity index (χ2v) is 3.12. The van der Waals surface area contributed by atoms with Crippen LogP contribution >= 0.6 is 11.6 Å². The molecular formula is C7H10ClF2NO. The van der Waals surface area contributed by atoms with Gasteiger partial charge in [-0.2, -0.15) is 0 Å². The molecular weight excluding hydrogens is 188 g/mol. The van der Waals surface area contributed by atoms with Crippen molar-refractivity contribution in [2.45, 2.75) is 12.8 Å². The molecule has 1 unspecified atom stereocenters. The Labute approximate surface area is 74.5 Å². The number of hydrogen-bond acceptors (Lipinski definition) is 1. The highest BCUT2D eigenvalue weighted by atomic mass is 35.5. The predicted molar refractivity (Wildman–Crippen MR) is 41.4 cm³/mol. The first kappa shape index (κ1) is 9.71. The number of amides is 1. The van der Waals surface area contributed by atoms with Gasteiger partial charge in [0.1, 0.15) is 5.88 Å². The van der Waals surface area contributed by atoms with Crippen LogP contribution in [-0.4, -0.2) is 36.2 Å². The Morgan fingerprint density at radius 1 is 1.67 bits per heavy atom. The van der Waals surface area contributed by atoms with Crippen molar-refractivity contribution >= 4 is 17.5 Å². The van der Waals surface area contributed by atoms with E-state index in [1.165, 1.54) is 4.90 Å². The molecule has 1 aliphatic rings. The summed E-state index contributed by atoms with van der Waals surface area (Å²) in [4.78, 5) is 12.3. The molecule has 1 atom stereocenters. The van der Waals surface area contributed by atoms with Crippen LogP contribution in [0, 0.1) is 5.92 Å². The molecule has 0 spiro atoms. The van der Waals surface area contributed by atoms with Crippen molar-refractivity contribution in [3.05, 3.63) is 0 Å². The summed E-state index contributed by atoms with van der Waals surface area (Å²) in [5, 5.41) is 0. The number of halogens is 3. The highest BCUT2D eigenvalue weighted by Crippen LogP contribution is 2.22. The summed E-state index contributed by atoms with van der Waals surface area (Å²) in [7, 11) is 0. The van der Waals surface area contributed by atoms with Crippen molar-refractivity contribution in [2.24, 2.45) is 5.92 Å². The Morgan fingerprint density at radius 2 is 2.33 bits per heavy atom. The van der Waals surface area contributed by atoms with E-state index in [2.05, 4.69) is 0 Å². The van der Waals surface area contributed by atoms with E-state index in [9.17, 15) is 13.6 Å². The van der Waals surface area contributed by atoms with Crippen LogP contribution in [-0.2, 0) is 4.79 Å². The van der Waals surface area contributed by atoms with Crippen LogP contribution in [0.5, 0.6) is 0 Å². The number of hydrogen-bond donors (Lipinski definition) is 0. The number of rotatable bonds is 2. The predicted octanol–water partition coefficient (Wildman–Crippen LogP) is 1.34. The summed E-state index contributed by atoms with van der Waals surface area (Å²) in [6.07, 6.45) is -1.93. The third kappa shape index (κ3) is 2.06. The van der Waals surface area contributed by atoms with Gasteiger partial charge in [-0.1, -0.05) is 0 Å². The highest BCUT2D eigenvalue weighted by Gasteiger charge is 2.31. The Kier molecular flexibility index (Phi) is 3.26. The van der Waals surface area contributed by atoms with E-state index >= 15 is 0 Å². The van der Waals surface area contributed by atoms with Crippen LogP contribution in [0.15, 0.2) is 0 Å². The topological polar surface area (TPSA) is 20.3 Å². The van der Waals surface area contributed by atoms with Crippen molar-refractivity contribution in [3.63, 3.8) is 0 Å².